The molecule has 2 saturated carbocycles. The van der Waals surface area contributed by atoms with Crippen molar-refractivity contribution in [3.63, 3.8) is 0 Å². The number of carbonyl (C=O) groups excluding carboxylic acids is 1. The number of rotatable bonds is 4. The summed E-state index contributed by atoms with van der Waals surface area (Å²) < 4.78 is 66.7. The molecule has 32 heavy (non-hydrogen) atoms. The molecule has 2 aromatic rings. The van der Waals surface area contributed by atoms with Crippen LogP contribution in [0.3, 0.4) is 0 Å². The Balaban J connectivity index is 1.80. The molecule has 0 amide bonds. The molecule has 5 rings (SSSR count). The summed E-state index contributed by atoms with van der Waals surface area (Å²) in [6.45, 7) is 0.518. The molecule has 1 heterocycles. The van der Waals surface area contributed by atoms with Gasteiger partial charge in [-0.2, -0.15) is 0 Å². The van der Waals surface area contributed by atoms with Crippen LogP contribution in [0.2, 0.25) is 0 Å². The van der Waals surface area contributed by atoms with E-state index in [-0.39, 0.29) is 54.5 Å². The molecular weight excluding hydrogens is 452 g/mol. The average molecular weight is 477 g/mol. The second kappa shape index (κ2) is 7.48. The van der Waals surface area contributed by atoms with Crippen molar-refractivity contribution in [1.82, 2.24) is 0 Å². The van der Waals surface area contributed by atoms with E-state index in [2.05, 4.69) is 0 Å². The van der Waals surface area contributed by atoms with E-state index >= 15 is 0 Å². The van der Waals surface area contributed by atoms with Crippen molar-refractivity contribution < 1.29 is 31.1 Å². The minimum atomic E-state index is -4.43. The van der Waals surface area contributed by atoms with E-state index < -0.39 is 41.4 Å². The Kier molecular flexibility index (Phi) is 5.09. The van der Waals surface area contributed by atoms with Crippen molar-refractivity contribution >= 4 is 25.5 Å². The van der Waals surface area contributed by atoms with Gasteiger partial charge in [0.15, 0.2) is 23.8 Å². The third-order valence-corrected chi connectivity index (χ3v) is 13.1. The maximum Gasteiger partial charge on any atom is 0.199 e. The molecule has 0 unspecified atom stereocenters. The predicted molar refractivity (Wildman–Crippen MR) is 115 cm³/mol. The first-order valence-corrected chi connectivity index (χ1v) is 13.6. The highest BCUT2D eigenvalue weighted by molar-refractivity contribution is 8.10. The molecule has 1 aliphatic heterocycles. The Morgan fingerprint density at radius 2 is 1.31 bits per heavy atom. The minimum Gasteiger partial charge on any atom is -0.372 e. The van der Waals surface area contributed by atoms with Crippen molar-refractivity contribution in [2.75, 3.05) is 13.2 Å². The number of carbonyl (C=O) groups is 1. The van der Waals surface area contributed by atoms with Crippen molar-refractivity contribution in [2.24, 2.45) is 5.92 Å². The molecule has 3 atom stereocenters. The maximum absolute atomic E-state index is 14.2. The van der Waals surface area contributed by atoms with E-state index in [4.69, 9.17) is 9.47 Å². The van der Waals surface area contributed by atoms with Crippen molar-refractivity contribution in [3.8, 4) is 0 Å². The Labute approximate surface area is 187 Å². The third kappa shape index (κ3) is 2.81. The summed E-state index contributed by atoms with van der Waals surface area (Å²) >= 11 is 0. The van der Waals surface area contributed by atoms with E-state index in [0.717, 1.165) is 0 Å². The van der Waals surface area contributed by atoms with E-state index in [0.29, 0.717) is 0 Å². The number of ether oxygens (including phenoxy) is 2. The smallest absolute Gasteiger partial charge is 0.199 e. The Bertz CT molecular complexity index is 1170. The van der Waals surface area contributed by atoms with E-state index in [1.54, 1.807) is 36.4 Å². The first-order chi connectivity index (χ1) is 15.3. The molecule has 7 nitrogen and oxygen atoms in total. The lowest BCUT2D eigenvalue weighted by Crippen LogP contribution is -2.63. The Hall–Kier alpha value is -2.07. The summed E-state index contributed by atoms with van der Waals surface area (Å²) in [7, 11) is -8.86. The van der Waals surface area contributed by atoms with Gasteiger partial charge in [0.1, 0.15) is 11.4 Å². The van der Waals surface area contributed by atoms with Crippen LogP contribution >= 0.6 is 0 Å². The zero-order chi connectivity index (χ0) is 22.6. The number of benzene rings is 2. The standard InChI is InChI=1S/C23H24O7S2/c24-17-15-20-22(21(16-17)29-13-14-30-22)11-12-23(20,31(25,26)18-7-3-1-4-8-18)32(27,28)19-9-5-2-6-10-19/h1-10,20-21H,11-16H2/t20-,21-,22+/m0/s1. The molecule has 1 spiro atoms. The molecule has 0 N–H and O–H groups in total. The van der Waals surface area contributed by atoms with Gasteiger partial charge in [0, 0.05) is 18.8 Å². The van der Waals surface area contributed by atoms with E-state index in [9.17, 15) is 21.6 Å². The lowest BCUT2D eigenvalue weighted by Gasteiger charge is -2.50. The largest absolute Gasteiger partial charge is 0.372 e. The zero-order valence-electron chi connectivity index (χ0n) is 17.3. The van der Waals surface area contributed by atoms with E-state index in [1.807, 2.05) is 0 Å². The molecule has 2 aliphatic carbocycles. The number of hydrogen-bond donors (Lipinski definition) is 0. The summed E-state index contributed by atoms with van der Waals surface area (Å²) in [6.07, 6.45) is -0.713. The number of ketones is 1. The molecule has 2 aromatic carbocycles. The van der Waals surface area contributed by atoms with Gasteiger partial charge in [-0.3, -0.25) is 4.79 Å². The molecular formula is C23H24O7S2. The van der Waals surface area contributed by atoms with Gasteiger partial charge in [-0.25, -0.2) is 16.8 Å². The molecule has 170 valence electrons. The minimum absolute atomic E-state index is 0.0807. The second-order valence-electron chi connectivity index (χ2n) is 8.61. The highest BCUT2D eigenvalue weighted by atomic mass is 32.3. The van der Waals surface area contributed by atoms with Gasteiger partial charge >= 0.3 is 0 Å². The summed E-state index contributed by atoms with van der Waals surface area (Å²) in [5.41, 5.74) is -1.13. The van der Waals surface area contributed by atoms with Gasteiger partial charge in [-0.15, -0.1) is 0 Å². The van der Waals surface area contributed by atoms with Crippen LogP contribution in [0.1, 0.15) is 25.7 Å². The normalized spacial score (nSPS) is 29.8. The third-order valence-electron chi connectivity index (χ3n) is 7.16. The fraction of sp³-hybridized carbons (Fsp3) is 0.435. The first-order valence-electron chi connectivity index (χ1n) is 10.6. The van der Waals surface area contributed by atoms with Gasteiger partial charge in [0.2, 0.25) is 0 Å². The van der Waals surface area contributed by atoms with Crippen LogP contribution in [0.4, 0.5) is 0 Å². The van der Waals surface area contributed by atoms with Crippen LogP contribution in [0, 0.1) is 5.92 Å². The Morgan fingerprint density at radius 3 is 1.88 bits per heavy atom. The molecule has 0 aromatic heterocycles. The first kappa shape index (κ1) is 21.8. The van der Waals surface area contributed by atoms with Gasteiger partial charge in [-0.1, -0.05) is 36.4 Å². The summed E-state index contributed by atoms with van der Waals surface area (Å²) in [4.78, 5) is 12.6. The fourth-order valence-corrected chi connectivity index (χ4v) is 11.4. The molecule has 0 bridgehead atoms. The number of sulfone groups is 2. The lowest BCUT2D eigenvalue weighted by molar-refractivity contribution is -0.229. The van der Waals surface area contributed by atoms with Crippen molar-refractivity contribution in [1.29, 1.82) is 0 Å². The quantitative estimate of drug-likeness (QED) is 0.668. The fourth-order valence-electron chi connectivity index (χ4n) is 5.77. The number of Topliss-reactive ketones (excluding diaryl/α,β-unsaturated/α-hetero) is 1. The zero-order valence-corrected chi connectivity index (χ0v) is 19.0. The average Bonchev–Trinajstić information content (AvgIpc) is 3.15. The monoisotopic (exact) mass is 476 g/mol. The molecule has 3 aliphatic rings. The summed E-state index contributed by atoms with van der Waals surface area (Å²) in [5, 5.41) is 0. The van der Waals surface area contributed by atoms with Crippen molar-refractivity contribution in [3.05, 3.63) is 60.7 Å². The SMILES string of the molecule is O=C1C[C@@H]2OCCO[C@@]23CCC(S(=O)(=O)c2ccccc2)(S(=O)(=O)c2ccccc2)[C@H]3C1. The number of hydrogen-bond acceptors (Lipinski definition) is 7. The van der Waals surface area contributed by atoms with Crippen LogP contribution in [0.5, 0.6) is 0 Å². The highest BCUT2D eigenvalue weighted by Gasteiger charge is 2.74. The van der Waals surface area contributed by atoms with Crippen molar-refractivity contribution in [2.45, 2.75) is 51.3 Å². The summed E-state index contributed by atoms with van der Waals surface area (Å²) in [5.74, 6) is -1.28. The lowest BCUT2D eigenvalue weighted by atomic mass is 9.74. The molecule has 0 radical (unpaired) electrons. The van der Waals surface area contributed by atoms with Gasteiger partial charge in [0.25, 0.3) is 0 Å². The van der Waals surface area contributed by atoms with Crippen LogP contribution < -0.4 is 0 Å². The highest BCUT2D eigenvalue weighted by Crippen LogP contribution is 2.61. The van der Waals surface area contributed by atoms with Crippen LogP contribution in [0.25, 0.3) is 0 Å². The van der Waals surface area contributed by atoms with Gasteiger partial charge in [0.05, 0.1) is 29.1 Å². The Morgan fingerprint density at radius 1 is 0.750 bits per heavy atom. The van der Waals surface area contributed by atoms with Crippen LogP contribution in [-0.4, -0.2) is 51.6 Å². The summed E-state index contributed by atoms with van der Waals surface area (Å²) in [6, 6.07) is 15.2. The maximum atomic E-state index is 14.2. The van der Waals surface area contributed by atoms with Gasteiger partial charge < -0.3 is 9.47 Å². The van der Waals surface area contributed by atoms with Crippen LogP contribution in [0.15, 0.2) is 70.5 Å². The van der Waals surface area contributed by atoms with E-state index in [1.165, 1.54) is 24.3 Å². The molecule has 3 fully saturated rings. The molecule has 9 heteroatoms. The predicted octanol–water partition coefficient (Wildman–Crippen LogP) is 2.56. The molecule has 1 saturated heterocycles. The van der Waals surface area contributed by atoms with Crippen LogP contribution in [-0.2, 0) is 33.9 Å². The van der Waals surface area contributed by atoms with Gasteiger partial charge in [-0.05, 0) is 37.1 Å². The second-order valence-corrected chi connectivity index (χ2v) is 13.3. The topological polar surface area (TPSA) is 104 Å².